The Hall–Kier alpha value is -1.25. The Morgan fingerprint density at radius 3 is 2.29 bits per heavy atom. The molecule has 21 heavy (non-hydrogen) atoms. The Labute approximate surface area is 129 Å². The first-order valence-electron chi connectivity index (χ1n) is 6.51. The van der Waals surface area contributed by atoms with Crippen LogP contribution in [-0.4, -0.2) is 46.2 Å². The van der Waals surface area contributed by atoms with Crippen LogP contribution >= 0.6 is 15.9 Å². The molecule has 7 nitrogen and oxygen atoms in total. The van der Waals surface area contributed by atoms with E-state index in [0.29, 0.717) is 5.06 Å². The molecule has 4 atom stereocenters. The molecule has 0 radical (unpaired) electrons. The molecule has 3 aliphatic heterocycles. The first-order valence-corrected chi connectivity index (χ1v) is 7.30. The highest BCUT2D eigenvalue weighted by molar-refractivity contribution is 9.10. The van der Waals surface area contributed by atoms with Gasteiger partial charge in [0.15, 0.2) is 0 Å². The second-order valence-corrected chi connectivity index (χ2v) is 7.61. The zero-order chi connectivity index (χ0) is 15.4. The summed E-state index contributed by atoms with van der Waals surface area (Å²) in [6.45, 7) is 2.74. The maximum Gasteiger partial charge on any atom is 0.324 e. The quantitative estimate of drug-likeness (QED) is 0.239. The number of hydroxylamine groups is 2. The number of carbonyl (C=O) groups excluding carboxylic acids is 3. The highest BCUT2D eigenvalue weighted by Crippen LogP contribution is 2.45. The lowest BCUT2D eigenvalue weighted by Crippen LogP contribution is -2.36. The number of rotatable bonds is 4. The van der Waals surface area contributed by atoms with E-state index >= 15 is 0 Å². The molecule has 0 aromatic rings. The topological polar surface area (TPSA) is 82.1 Å². The van der Waals surface area contributed by atoms with Gasteiger partial charge in [0, 0.05) is 0 Å². The molecule has 8 heteroatoms. The number of alkyl halides is 1. The Balaban J connectivity index is 1.60. The molecule has 3 rings (SSSR count). The van der Waals surface area contributed by atoms with Crippen LogP contribution < -0.4 is 0 Å². The summed E-state index contributed by atoms with van der Waals surface area (Å²) in [7, 11) is 0. The van der Waals surface area contributed by atoms with Gasteiger partial charge in [0.1, 0.15) is 4.32 Å². The van der Waals surface area contributed by atoms with Crippen molar-refractivity contribution >= 4 is 33.7 Å². The van der Waals surface area contributed by atoms with Gasteiger partial charge in [-0.3, -0.25) is 14.4 Å². The second kappa shape index (κ2) is 4.89. The van der Waals surface area contributed by atoms with E-state index in [1.165, 1.54) is 0 Å². The fourth-order valence-corrected chi connectivity index (χ4v) is 2.82. The monoisotopic (exact) mass is 359 g/mol. The minimum Gasteiger partial charge on any atom is -0.435 e. The van der Waals surface area contributed by atoms with Crippen LogP contribution in [-0.2, 0) is 28.7 Å². The average Bonchev–Trinajstić information content (AvgIpc) is 3.06. The van der Waals surface area contributed by atoms with Gasteiger partial charge in [0.05, 0.1) is 24.0 Å². The molecule has 0 N–H and O–H groups in total. The van der Waals surface area contributed by atoms with Crippen LogP contribution in [0.3, 0.4) is 0 Å². The molecule has 0 aliphatic carbocycles. The van der Waals surface area contributed by atoms with Crippen LogP contribution in [0, 0.1) is 11.8 Å². The molecule has 0 aromatic heterocycles. The third-order valence-electron chi connectivity index (χ3n) is 3.73. The summed E-state index contributed by atoms with van der Waals surface area (Å²) < 4.78 is 9.49. The number of halogens is 1. The van der Waals surface area contributed by atoms with Crippen molar-refractivity contribution in [1.29, 1.82) is 0 Å². The van der Waals surface area contributed by atoms with Crippen molar-refractivity contribution in [3.63, 3.8) is 0 Å². The average molecular weight is 360 g/mol. The number of fused-ring (bicyclic) bond motifs is 5. The third kappa shape index (κ3) is 2.31. The zero-order valence-electron chi connectivity index (χ0n) is 11.4. The Morgan fingerprint density at radius 2 is 1.81 bits per heavy atom. The smallest absolute Gasteiger partial charge is 0.324 e. The third-order valence-corrected chi connectivity index (χ3v) is 4.05. The van der Waals surface area contributed by atoms with Gasteiger partial charge >= 0.3 is 5.97 Å². The predicted molar refractivity (Wildman–Crippen MR) is 71.7 cm³/mol. The summed E-state index contributed by atoms with van der Waals surface area (Å²) in [5.74, 6) is -2.51. The molecule has 2 saturated heterocycles. The molecule has 2 bridgehead atoms. The fourth-order valence-electron chi connectivity index (χ4n) is 2.71. The Bertz CT molecular complexity index is 509. The van der Waals surface area contributed by atoms with Gasteiger partial charge in [0.2, 0.25) is 6.79 Å². The number of imide groups is 1. The van der Waals surface area contributed by atoms with Gasteiger partial charge in [-0.05, 0) is 13.8 Å². The lowest BCUT2D eigenvalue weighted by Gasteiger charge is -2.18. The van der Waals surface area contributed by atoms with E-state index in [4.69, 9.17) is 14.3 Å². The number of carbonyl (C=O) groups is 3. The summed E-state index contributed by atoms with van der Waals surface area (Å²) in [4.78, 5) is 40.9. The van der Waals surface area contributed by atoms with Crippen molar-refractivity contribution in [2.45, 2.75) is 30.4 Å². The van der Waals surface area contributed by atoms with E-state index in [2.05, 4.69) is 15.9 Å². The molecule has 114 valence electrons. The van der Waals surface area contributed by atoms with E-state index < -0.39 is 40.7 Å². The maximum atomic E-state index is 12.2. The van der Waals surface area contributed by atoms with Crippen molar-refractivity contribution < 1.29 is 28.7 Å². The van der Waals surface area contributed by atoms with E-state index in [-0.39, 0.29) is 12.2 Å². The zero-order valence-corrected chi connectivity index (χ0v) is 13.0. The van der Waals surface area contributed by atoms with Crippen molar-refractivity contribution in [2.24, 2.45) is 11.8 Å². The number of nitrogens with zero attached hydrogens (tertiary/aromatic N) is 1. The summed E-state index contributed by atoms with van der Waals surface area (Å²) in [6, 6.07) is 0. The first-order chi connectivity index (χ1) is 9.80. The molecule has 3 heterocycles. The summed E-state index contributed by atoms with van der Waals surface area (Å²) in [5.41, 5.74) is 0. The lowest BCUT2D eigenvalue weighted by molar-refractivity contribution is -0.221. The Morgan fingerprint density at radius 1 is 1.29 bits per heavy atom. The number of esters is 1. The fraction of sp³-hybridized carbons (Fsp3) is 0.615. The summed E-state index contributed by atoms with van der Waals surface area (Å²) in [5, 5.41) is 0.694. The van der Waals surface area contributed by atoms with E-state index in [9.17, 15) is 14.4 Å². The number of amides is 2. The maximum absolute atomic E-state index is 12.2. The van der Waals surface area contributed by atoms with Crippen LogP contribution in [0.25, 0.3) is 0 Å². The minimum absolute atomic E-state index is 0.367. The van der Waals surface area contributed by atoms with Gasteiger partial charge in [-0.1, -0.05) is 28.1 Å². The number of hydrogen-bond acceptors (Lipinski definition) is 6. The SMILES string of the molecule is CC(C)(Br)C(=O)OCON1C(=O)[C@@H]2C3C=CC(O3)[C@@H]2C1=O. The number of ether oxygens (including phenoxy) is 2. The molecule has 0 saturated carbocycles. The van der Waals surface area contributed by atoms with Crippen LogP contribution in [0.2, 0.25) is 0 Å². The normalized spacial score (nSPS) is 33.8. The van der Waals surface area contributed by atoms with Gasteiger partial charge in [-0.15, -0.1) is 5.06 Å². The molecule has 2 amide bonds. The van der Waals surface area contributed by atoms with Crippen LogP contribution in [0.5, 0.6) is 0 Å². The molecule has 2 fully saturated rings. The molecule has 0 spiro atoms. The van der Waals surface area contributed by atoms with E-state index in [1.807, 2.05) is 0 Å². The molecule has 2 unspecified atom stereocenters. The standard InChI is InChI=1S/C13H14BrNO6/c1-13(2,14)12(18)19-5-20-15-10(16)8-6-3-4-7(21-6)9(8)11(15)17/h3-4,6-9H,5H2,1-2H3/t6?,7?,8-,9+. The predicted octanol–water partition coefficient (Wildman–Crippen LogP) is 0.531. The van der Waals surface area contributed by atoms with Gasteiger partial charge in [-0.2, -0.15) is 0 Å². The van der Waals surface area contributed by atoms with Crippen LogP contribution in [0.15, 0.2) is 12.2 Å². The molecule has 0 aromatic carbocycles. The van der Waals surface area contributed by atoms with Gasteiger partial charge < -0.3 is 9.47 Å². The van der Waals surface area contributed by atoms with Crippen molar-refractivity contribution in [1.82, 2.24) is 5.06 Å². The van der Waals surface area contributed by atoms with E-state index in [1.54, 1.807) is 26.0 Å². The molecular formula is C13H14BrNO6. The van der Waals surface area contributed by atoms with Gasteiger partial charge in [-0.25, -0.2) is 4.84 Å². The van der Waals surface area contributed by atoms with Crippen molar-refractivity contribution in [2.75, 3.05) is 6.79 Å². The number of hydrogen-bond donors (Lipinski definition) is 0. The second-order valence-electron chi connectivity index (χ2n) is 5.62. The van der Waals surface area contributed by atoms with Crippen molar-refractivity contribution in [3.8, 4) is 0 Å². The minimum atomic E-state index is -0.858. The van der Waals surface area contributed by atoms with Gasteiger partial charge in [0.25, 0.3) is 11.8 Å². The highest BCUT2D eigenvalue weighted by Gasteiger charge is 2.61. The van der Waals surface area contributed by atoms with E-state index in [0.717, 1.165) is 0 Å². The van der Waals surface area contributed by atoms with Crippen LogP contribution in [0.4, 0.5) is 0 Å². The summed E-state index contributed by atoms with van der Waals surface area (Å²) >= 11 is 3.14. The Kier molecular flexibility index (Phi) is 3.42. The highest BCUT2D eigenvalue weighted by atomic mass is 79.9. The summed E-state index contributed by atoms with van der Waals surface area (Å²) in [6.07, 6.45) is 2.84. The van der Waals surface area contributed by atoms with Crippen molar-refractivity contribution in [3.05, 3.63) is 12.2 Å². The molecule has 3 aliphatic rings. The first kappa shape index (κ1) is 14.7. The lowest BCUT2D eigenvalue weighted by atomic mass is 9.85. The molecular weight excluding hydrogens is 346 g/mol. The largest absolute Gasteiger partial charge is 0.435 e. The van der Waals surface area contributed by atoms with Crippen LogP contribution in [0.1, 0.15) is 13.8 Å².